The van der Waals surface area contributed by atoms with Crippen LogP contribution in [-0.2, 0) is 0 Å². The van der Waals surface area contributed by atoms with Crippen molar-refractivity contribution >= 4 is 73.5 Å². The first-order chi connectivity index (χ1) is 11.5. The number of rotatable bonds is 2. The number of fused-ring (bicyclic) bond motifs is 1. The molecule has 122 valence electrons. The molecule has 0 radical (unpaired) electrons. The Balaban J connectivity index is 1.63. The lowest BCUT2D eigenvalue weighted by atomic mass is 10.2. The maximum absolute atomic E-state index is 12.3. The number of thiophene rings is 1. The summed E-state index contributed by atoms with van der Waals surface area (Å²) in [6.45, 7) is 0. The largest absolute Gasteiger partial charge is 0.331 e. The molecule has 0 aliphatic heterocycles. The van der Waals surface area contributed by atoms with E-state index in [1.165, 1.54) is 11.3 Å². The van der Waals surface area contributed by atoms with Crippen molar-refractivity contribution in [3.05, 3.63) is 63.5 Å². The van der Waals surface area contributed by atoms with Crippen LogP contribution < -0.4 is 16.2 Å². The fraction of sp³-hybridized carbons (Fsp3) is 0. The number of hydrazine groups is 1. The van der Waals surface area contributed by atoms with Crippen molar-refractivity contribution in [1.82, 2.24) is 10.9 Å². The van der Waals surface area contributed by atoms with Gasteiger partial charge in [-0.05, 0) is 42.5 Å². The molecule has 4 nitrogen and oxygen atoms in total. The highest BCUT2D eigenvalue weighted by Crippen LogP contribution is 2.34. The SMILES string of the molecule is O=C(NNC(=S)Nc1ccc(Cl)cc1)c1sc2ccccc2c1Cl. The zero-order valence-corrected chi connectivity index (χ0v) is 15.2. The van der Waals surface area contributed by atoms with E-state index < -0.39 is 0 Å². The average Bonchev–Trinajstić information content (AvgIpc) is 2.92. The molecule has 8 heteroatoms. The number of nitrogens with one attached hydrogen (secondary N) is 3. The second-order valence-corrected chi connectivity index (χ2v) is 7.06. The van der Waals surface area contributed by atoms with Crippen LogP contribution in [0, 0.1) is 0 Å². The molecule has 0 spiro atoms. The van der Waals surface area contributed by atoms with E-state index in [1.54, 1.807) is 24.3 Å². The van der Waals surface area contributed by atoms with Gasteiger partial charge in [-0.25, -0.2) is 0 Å². The van der Waals surface area contributed by atoms with Crippen molar-refractivity contribution in [3.63, 3.8) is 0 Å². The standard InChI is InChI=1S/C16H11Cl2N3OS2/c17-9-5-7-10(8-6-9)19-16(23)21-20-15(22)14-13(18)11-3-1-2-4-12(11)24-14/h1-8H,(H,20,22)(H2,19,21,23). The highest BCUT2D eigenvalue weighted by molar-refractivity contribution is 7.80. The highest BCUT2D eigenvalue weighted by Gasteiger charge is 2.16. The van der Waals surface area contributed by atoms with Crippen molar-refractivity contribution < 1.29 is 4.79 Å². The highest BCUT2D eigenvalue weighted by atomic mass is 35.5. The summed E-state index contributed by atoms with van der Waals surface area (Å²) >= 11 is 18.6. The molecule has 3 aromatic rings. The van der Waals surface area contributed by atoms with Gasteiger partial charge < -0.3 is 5.32 Å². The van der Waals surface area contributed by atoms with E-state index in [9.17, 15) is 4.79 Å². The van der Waals surface area contributed by atoms with E-state index in [2.05, 4.69) is 16.2 Å². The molecule has 0 saturated carbocycles. The van der Waals surface area contributed by atoms with Gasteiger partial charge in [0.2, 0.25) is 0 Å². The molecule has 1 heterocycles. The number of benzene rings is 2. The molecule has 24 heavy (non-hydrogen) atoms. The van der Waals surface area contributed by atoms with Gasteiger partial charge in [0, 0.05) is 20.8 Å². The van der Waals surface area contributed by atoms with Crippen LogP contribution in [0.25, 0.3) is 10.1 Å². The Morgan fingerprint density at radius 2 is 1.71 bits per heavy atom. The molecule has 2 aromatic carbocycles. The minimum absolute atomic E-state index is 0.253. The van der Waals surface area contributed by atoms with Gasteiger partial charge >= 0.3 is 0 Å². The van der Waals surface area contributed by atoms with Gasteiger partial charge in [0.15, 0.2) is 5.11 Å². The van der Waals surface area contributed by atoms with Crippen LogP contribution in [0.1, 0.15) is 9.67 Å². The van der Waals surface area contributed by atoms with Crippen LogP contribution >= 0.6 is 46.8 Å². The Hall–Kier alpha value is -1.86. The predicted molar refractivity (Wildman–Crippen MR) is 105 cm³/mol. The summed E-state index contributed by atoms with van der Waals surface area (Å²) in [6.07, 6.45) is 0. The second-order valence-electron chi connectivity index (χ2n) is 4.78. The van der Waals surface area contributed by atoms with E-state index in [1.807, 2.05) is 24.3 Å². The molecule has 0 atom stereocenters. The van der Waals surface area contributed by atoms with E-state index in [-0.39, 0.29) is 11.0 Å². The minimum atomic E-state index is -0.346. The Labute approximate surface area is 157 Å². The van der Waals surface area contributed by atoms with E-state index >= 15 is 0 Å². The maximum atomic E-state index is 12.3. The Morgan fingerprint density at radius 1 is 1.00 bits per heavy atom. The third-order valence-corrected chi connectivity index (χ3v) is 5.26. The topological polar surface area (TPSA) is 53.2 Å². The van der Waals surface area contributed by atoms with E-state index in [0.29, 0.717) is 14.9 Å². The quantitative estimate of drug-likeness (QED) is 0.429. The molecule has 0 unspecified atom stereocenters. The number of thiocarbonyl (C=S) groups is 1. The summed E-state index contributed by atoms with van der Waals surface area (Å²) in [6, 6.07) is 14.6. The van der Waals surface area contributed by atoms with Gasteiger partial charge in [0.05, 0.1) is 5.02 Å². The van der Waals surface area contributed by atoms with Gasteiger partial charge in [-0.2, -0.15) is 0 Å². The molecule has 0 fully saturated rings. The fourth-order valence-corrected chi connectivity index (χ4v) is 3.73. The summed E-state index contributed by atoms with van der Waals surface area (Å²) < 4.78 is 0.953. The van der Waals surface area contributed by atoms with Gasteiger partial charge in [0.1, 0.15) is 4.88 Å². The monoisotopic (exact) mass is 395 g/mol. The minimum Gasteiger partial charge on any atom is -0.331 e. The van der Waals surface area contributed by atoms with Gasteiger partial charge in [0.25, 0.3) is 5.91 Å². The zero-order valence-electron chi connectivity index (χ0n) is 12.1. The van der Waals surface area contributed by atoms with Crippen molar-refractivity contribution in [3.8, 4) is 0 Å². The van der Waals surface area contributed by atoms with Crippen LogP contribution in [0.15, 0.2) is 48.5 Å². The molecular weight excluding hydrogens is 385 g/mol. The fourth-order valence-electron chi connectivity index (χ4n) is 2.03. The second kappa shape index (κ2) is 7.36. The normalized spacial score (nSPS) is 10.4. The summed E-state index contributed by atoms with van der Waals surface area (Å²) in [4.78, 5) is 12.7. The number of halogens is 2. The molecular formula is C16H11Cl2N3OS2. The summed E-state index contributed by atoms with van der Waals surface area (Å²) in [5.41, 5.74) is 5.95. The lowest BCUT2D eigenvalue weighted by Crippen LogP contribution is -2.43. The van der Waals surface area contributed by atoms with Crippen LogP contribution in [0.4, 0.5) is 5.69 Å². The van der Waals surface area contributed by atoms with Crippen molar-refractivity contribution in [2.75, 3.05) is 5.32 Å². The summed E-state index contributed by atoms with van der Waals surface area (Å²) in [5.74, 6) is -0.346. The predicted octanol–water partition coefficient (Wildman–Crippen LogP) is 4.84. The third kappa shape index (κ3) is 3.79. The molecule has 0 saturated heterocycles. The average molecular weight is 396 g/mol. The van der Waals surface area contributed by atoms with Crippen molar-refractivity contribution in [2.24, 2.45) is 0 Å². The maximum Gasteiger partial charge on any atom is 0.281 e. The van der Waals surface area contributed by atoms with E-state index in [4.69, 9.17) is 35.4 Å². The lowest BCUT2D eigenvalue weighted by Gasteiger charge is -2.11. The van der Waals surface area contributed by atoms with Crippen molar-refractivity contribution in [1.29, 1.82) is 0 Å². The molecule has 3 rings (SSSR count). The third-order valence-electron chi connectivity index (χ3n) is 3.13. The Morgan fingerprint density at radius 3 is 2.42 bits per heavy atom. The first-order valence-electron chi connectivity index (χ1n) is 6.84. The number of amides is 1. The van der Waals surface area contributed by atoms with Crippen molar-refractivity contribution in [2.45, 2.75) is 0 Å². The molecule has 3 N–H and O–H groups in total. The summed E-state index contributed by atoms with van der Waals surface area (Å²) in [5, 5.41) is 5.11. The molecule has 1 amide bonds. The van der Waals surface area contributed by atoms with Gasteiger partial charge in [-0.1, -0.05) is 41.4 Å². The van der Waals surface area contributed by atoms with Gasteiger partial charge in [-0.3, -0.25) is 15.6 Å². The van der Waals surface area contributed by atoms with Crippen LogP contribution in [0.3, 0.4) is 0 Å². The molecule has 0 bridgehead atoms. The summed E-state index contributed by atoms with van der Waals surface area (Å²) in [7, 11) is 0. The number of hydrogen-bond acceptors (Lipinski definition) is 3. The zero-order chi connectivity index (χ0) is 17.1. The Bertz CT molecular complexity index is 909. The first-order valence-corrected chi connectivity index (χ1v) is 8.82. The number of anilines is 1. The molecule has 0 aliphatic rings. The number of hydrogen-bond donors (Lipinski definition) is 3. The number of carbonyl (C=O) groups excluding carboxylic acids is 1. The smallest absolute Gasteiger partial charge is 0.281 e. The van der Waals surface area contributed by atoms with Crippen LogP contribution in [0.5, 0.6) is 0 Å². The lowest BCUT2D eigenvalue weighted by molar-refractivity contribution is 0.0948. The number of carbonyl (C=O) groups is 1. The van der Waals surface area contributed by atoms with Gasteiger partial charge in [-0.15, -0.1) is 11.3 Å². The molecule has 0 aliphatic carbocycles. The van der Waals surface area contributed by atoms with Crippen LogP contribution in [-0.4, -0.2) is 11.0 Å². The van der Waals surface area contributed by atoms with E-state index in [0.717, 1.165) is 15.8 Å². The Kier molecular flexibility index (Phi) is 5.20. The van der Waals surface area contributed by atoms with Crippen LogP contribution in [0.2, 0.25) is 10.0 Å². The first kappa shape index (κ1) is 17.0. The molecule has 1 aromatic heterocycles.